The second-order valence-corrected chi connectivity index (χ2v) is 8.61. The maximum Gasteiger partial charge on any atom is 0.221 e. The Balaban J connectivity index is 1.61. The molecule has 3 aromatic rings. The third-order valence-corrected chi connectivity index (χ3v) is 6.01. The molecule has 2 aromatic heterocycles. The van der Waals surface area contributed by atoms with Crippen LogP contribution in [0.4, 0.5) is 0 Å². The number of carbonyl (C=O) groups excluding carboxylic acids is 1. The molecular formula is C22H23Cl2N3O2. The minimum absolute atomic E-state index is 0.0296. The van der Waals surface area contributed by atoms with Crippen molar-refractivity contribution in [3.8, 4) is 0 Å². The van der Waals surface area contributed by atoms with E-state index in [-0.39, 0.29) is 17.4 Å². The molecule has 1 fully saturated rings. The zero-order chi connectivity index (χ0) is 20.4. The van der Waals surface area contributed by atoms with Crippen molar-refractivity contribution in [2.24, 2.45) is 0 Å². The first-order valence-corrected chi connectivity index (χ1v) is 10.5. The van der Waals surface area contributed by atoms with Crippen LogP contribution < -0.4 is 5.32 Å². The molecule has 4 rings (SSSR count). The highest BCUT2D eigenvalue weighted by molar-refractivity contribution is 6.31. The average Bonchev–Trinajstić information content (AvgIpc) is 3.32. The third-order valence-electron chi connectivity index (χ3n) is 5.55. The van der Waals surface area contributed by atoms with Crippen molar-refractivity contribution in [3.05, 3.63) is 64.0 Å². The van der Waals surface area contributed by atoms with Gasteiger partial charge in [0.1, 0.15) is 5.15 Å². The molecule has 1 aliphatic heterocycles. The molecule has 0 unspecified atom stereocenters. The summed E-state index contributed by atoms with van der Waals surface area (Å²) in [6.07, 6.45) is 5.94. The van der Waals surface area contributed by atoms with Gasteiger partial charge in [-0.25, -0.2) is 4.98 Å². The van der Waals surface area contributed by atoms with Crippen molar-refractivity contribution < 1.29 is 9.53 Å². The first-order valence-electron chi connectivity index (χ1n) is 9.72. The van der Waals surface area contributed by atoms with Gasteiger partial charge in [-0.05, 0) is 55.2 Å². The number of nitrogens with one attached hydrogen (secondary N) is 2. The Hall–Kier alpha value is -2.08. The van der Waals surface area contributed by atoms with E-state index >= 15 is 0 Å². The monoisotopic (exact) mass is 431 g/mol. The van der Waals surface area contributed by atoms with E-state index in [1.54, 1.807) is 12.3 Å². The van der Waals surface area contributed by atoms with Gasteiger partial charge < -0.3 is 15.0 Å². The van der Waals surface area contributed by atoms with Crippen LogP contribution >= 0.6 is 23.2 Å². The van der Waals surface area contributed by atoms with Crippen LogP contribution in [-0.4, -0.2) is 34.6 Å². The largest absolute Gasteiger partial charge is 0.373 e. The number of halogens is 2. The van der Waals surface area contributed by atoms with Gasteiger partial charge in [0.2, 0.25) is 5.91 Å². The summed E-state index contributed by atoms with van der Waals surface area (Å²) in [7, 11) is 0. The molecule has 0 saturated carbocycles. The van der Waals surface area contributed by atoms with Crippen LogP contribution in [0.25, 0.3) is 10.9 Å². The lowest BCUT2D eigenvalue weighted by molar-refractivity contribution is -0.122. The van der Waals surface area contributed by atoms with Crippen molar-refractivity contribution in [3.63, 3.8) is 0 Å². The van der Waals surface area contributed by atoms with Gasteiger partial charge in [-0.2, -0.15) is 0 Å². The first kappa shape index (κ1) is 20.2. The molecule has 7 heteroatoms. The van der Waals surface area contributed by atoms with Gasteiger partial charge in [-0.1, -0.05) is 29.3 Å². The highest BCUT2D eigenvalue weighted by Crippen LogP contribution is 2.34. The second kappa shape index (κ2) is 8.34. The molecule has 2 N–H and O–H groups in total. The van der Waals surface area contributed by atoms with Crippen LogP contribution in [0, 0.1) is 0 Å². The number of rotatable bonds is 6. The molecule has 1 aliphatic rings. The Morgan fingerprint density at radius 1 is 1.34 bits per heavy atom. The Morgan fingerprint density at radius 2 is 2.21 bits per heavy atom. The van der Waals surface area contributed by atoms with Crippen LogP contribution in [0.5, 0.6) is 0 Å². The highest BCUT2D eigenvalue weighted by atomic mass is 35.5. The van der Waals surface area contributed by atoms with Crippen LogP contribution in [-0.2, 0) is 9.53 Å². The van der Waals surface area contributed by atoms with Crippen LogP contribution in [0.15, 0.2) is 42.7 Å². The van der Waals surface area contributed by atoms with E-state index in [1.807, 2.05) is 37.4 Å². The molecular weight excluding hydrogens is 409 g/mol. The molecule has 152 valence electrons. The molecule has 1 saturated heterocycles. The quantitative estimate of drug-likeness (QED) is 0.534. The standard InChI is InChI=1S/C22H23Cl2N3O2/c1-22(7-2-8-29-22)13-27-21(28)10-16(14-3-6-20(24)26-11-14)18-12-25-19-5-4-15(23)9-17(18)19/h3-6,9,11-12,16,25H,2,7-8,10,13H2,1H3,(H,27,28)/t16-,22+/m1/s1. The normalized spacial score (nSPS) is 20.1. The molecule has 0 bridgehead atoms. The summed E-state index contributed by atoms with van der Waals surface area (Å²) in [5, 5.41) is 5.12. The number of nitrogens with zero attached hydrogens (tertiary/aromatic N) is 1. The van der Waals surface area contributed by atoms with Gasteiger partial charge >= 0.3 is 0 Å². The van der Waals surface area contributed by atoms with E-state index in [0.717, 1.165) is 41.5 Å². The van der Waals surface area contributed by atoms with Crippen LogP contribution in [0.2, 0.25) is 10.2 Å². The fourth-order valence-corrected chi connectivity index (χ4v) is 4.21. The van der Waals surface area contributed by atoms with Crippen LogP contribution in [0.3, 0.4) is 0 Å². The number of aromatic amines is 1. The molecule has 0 aliphatic carbocycles. The minimum Gasteiger partial charge on any atom is -0.373 e. The zero-order valence-electron chi connectivity index (χ0n) is 16.2. The lowest BCUT2D eigenvalue weighted by Gasteiger charge is -2.24. The van der Waals surface area contributed by atoms with Crippen LogP contribution in [0.1, 0.15) is 43.2 Å². The Labute approximate surface area is 179 Å². The summed E-state index contributed by atoms with van der Waals surface area (Å²) in [5.41, 5.74) is 2.63. The molecule has 1 aromatic carbocycles. The van der Waals surface area contributed by atoms with E-state index in [9.17, 15) is 4.79 Å². The summed E-state index contributed by atoms with van der Waals surface area (Å²) in [6, 6.07) is 9.37. The fourth-order valence-electron chi connectivity index (χ4n) is 3.92. The highest BCUT2D eigenvalue weighted by Gasteiger charge is 2.30. The number of pyridine rings is 1. The molecule has 0 spiro atoms. The van der Waals surface area contributed by atoms with E-state index in [0.29, 0.717) is 23.1 Å². The van der Waals surface area contributed by atoms with Crippen molar-refractivity contribution in [2.75, 3.05) is 13.2 Å². The van der Waals surface area contributed by atoms with Gasteiger partial charge in [0.25, 0.3) is 0 Å². The van der Waals surface area contributed by atoms with E-state index in [2.05, 4.69) is 15.3 Å². The molecule has 0 radical (unpaired) electrons. The van der Waals surface area contributed by atoms with E-state index in [1.165, 1.54) is 0 Å². The predicted octanol–water partition coefficient (Wildman–Crippen LogP) is 5.08. The van der Waals surface area contributed by atoms with E-state index in [4.69, 9.17) is 27.9 Å². The molecule has 1 amide bonds. The van der Waals surface area contributed by atoms with Gasteiger partial charge in [-0.15, -0.1) is 0 Å². The van der Waals surface area contributed by atoms with E-state index < -0.39 is 0 Å². The number of hydrogen-bond acceptors (Lipinski definition) is 3. The van der Waals surface area contributed by atoms with Crippen molar-refractivity contribution in [2.45, 2.75) is 37.7 Å². The number of aromatic nitrogens is 2. The summed E-state index contributed by atoms with van der Waals surface area (Å²) < 4.78 is 5.78. The fraction of sp³-hybridized carbons (Fsp3) is 0.364. The zero-order valence-corrected chi connectivity index (χ0v) is 17.7. The number of fused-ring (bicyclic) bond motifs is 1. The summed E-state index contributed by atoms with van der Waals surface area (Å²) in [4.78, 5) is 20.3. The summed E-state index contributed by atoms with van der Waals surface area (Å²) in [6.45, 7) is 3.31. The number of ether oxygens (including phenoxy) is 1. The number of carbonyl (C=O) groups is 1. The molecule has 2 atom stereocenters. The lowest BCUT2D eigenvalue weighted by atomic mass is 9.89. The van der Waals surface area contributed by atoms with Gasteiger partial charge in [0.05, 0.1) is 5.60 Å². The Morgan fingerprint density at radius 3 is 2.93 bits per heavy atom. The number of benzene rings is 1. The average molecular weight is 432 g/mol. The first-order chi connectivity index (χ1) is 13.9. The molecule has 3 heterocycles. The SMILES string of the molecule is C[C@@]1(CNC(=O)C[C@H](c2ccc(Cl)nc2)c2c[nH]c3ccc(Cl)cc23)CCCO1. The summed E-state index contributed by atoms with van der Waals surface area (Å²) in [5.74, 6) is -0.206. The lowest BCUT2D eigenvalue weighted by Crippen LogP contribution is -2.40. The third kappa shape index (κ3) is 4.58. The second-order valence-electron chi connectivity index (χ2n) is 7.78. The van der Waals surface area contributed by atoms with Gasteiger partial charge in [0.15, 0.2) is 0 Å². The van der Waals surface area contributed by atoms with Gasteiger partial charge in [-0.3, -0.25) is 4.79 Å². The smallest absolute Gasteiger partial charge is 0.221 e. The molecule has 29 heavy (non-hydrogen) atoms. The summed E-state index contributed by atoms with van der Waals surface area (Å²) >= 11 is 12.2. The molecule has 5 nitrogen and oxygen atoms in total. The Bertz CT molecular complexity index is 1010. The van der Waals surface area contributed by atoms with Gasteiger partial charge in [0, 0.05) is 53.8 Å². The number of H-pyrrole nitrogens is 1. The maximum atomic E-state index is 12.8. The number of amides is 1. The topological polar surface area (TPSA) is 67.0 Å². The minimum atomic E-state index is -0.276. The van der Waals surface area contributed by atoms with Crippen molar-refractivity contribution in [1.29, 1.82) is 0 Å². The number of hydrogen-bond donors (Lipinski definition) is 2. The maximum absolute atomic E-state index is 12.8. The Kier molecular flexibility index (Phi) is 5.81. The van der Waals surface area contributed by atoms with Crippen molar-refractivity contribution >= 4 is 40.0 Å². The van der Waals surface area contributed by atoms with Crippen molar-refractivity contribution in [1.82, 2.24) is 15.3 Å². The predicted molar refractivity (Wildman–Crippen MR) is 116 cm³/mol.